The van der Waals surface area contributed by atoms with Crippen molar-refractivity contribution in [2.75, 3.05) is 7.11 Å². The Bertz CT molecular complexity index is 451. The first-order valence-electron chi connectivity index (χ1n) is 6.13. The summed E-state index contributed by atoms with van der Waals surface area (Å²) < 4.78 is 4.13. The third kappa shape index (κ3) is 4.63. The Kier molecular flexibility index (Phi) is 5.48. The second kappa shape index (κ2) is 6.66. The van der Waals surface area contributed by atoms with E-state index in [-0.39, 0.29) is 0 Å². The number of hydrogen-bond acceptors (Lipinski definition) is 3. The summed E-state index contributed by atoms with van der Waals surface area (Å²) in [6.07, 6.45) is 3.68. The first-order chi connectivity index (χ1) is 8.87. The fourth-order valence-electron chi connectivity index (χ4n) is 1.41. The van der Waals surface area contributed by atoms with E-state index in [2.05, 4.69) is 0 Å². The van der Waals surface area contributed by atoms with Crippen molar-refractivity contribution < 1.29 is 14.6 Å². The zero-order chi connectivity index (χ0) is 14.5. The average molecular weight is 280 g/mol. The lowest BCUT2D eigenvalue weighted by molar-refractivity contribution is -0.138. The van der Waals surface area contributed by atoms with Gasteiger partial charge in [0, 0.05) is 4.90 Å². The van der Waals surface area contributed by atoms with E-state index in [1.807, 2.05) is 44.2 Å². The van der Waals surface area contributed by atoms with Gasteiger partial charge in [-0.15, -0.1) is 11.8 Å². The molecule has 3 nitrogen and oxygen atoms in total. The first kappa shape index (κ1) is 15.6. The van der Waals surface area contributed by atoms with Crippen molar-refractivity contribution in [3.05, 3.63) is 36.4 Å². The Morgan fingerprint density at radius 3 is 2.37 bits per heavy atom. The van der Waals surface area contributed by atoms with Crippen molar-refractivity contribution in [2.24, 2.45) is 5.92 Å². The molecular weight excluding hydrogens is 260 g/mol. The highest BCUT2D eigenvalue weighted by Crippen LogP contribution is 2.35. The van der Waals surface area contributed by atoms with Gasteiger partial charge in [-0.3, -0.25) is 4.79 Å². The van der Waals surface area contributed by atoms with Gasteiger partial charge >= 0.3 is 5.97 Å². The van der Waals surface area contributed by atoms with Crippen LogP contribution in [-0.2, 0) is 4.79 Å². The van der Waals surface area contributed by atoms with E-state index < -0.39 is 10.7 Å². The highest BCUT2D eigenvalue weighted by atomic mass is 32.2. The number of hydrogen-bond donors (Lipinski definition) is 1. The number of methoxy groups -OCH3 is 1. The molecule has 1 aromatic rings. The lowest BCUT2D eigenvalue weighted by Gasteiger charge is -2.20. The Morgan fingerprint density at radius 2 is 1.95 bits per heavy atom. The van der Waals surface area contributed by atoms with Crippen LogP contribution in [0, 0.1) is 5.92 Å². The van der Waals surface area contributed by atoms with E-state index in [9.17, 15) is 9.90 Å². The predicted octanol–water partition coefficient (Wildman–Crippen LogP) is 3.84. The van der Waals surface area contributed by atoms with Crippen LogP contribution in [0.1, 0.15) is 20.8 Å². The van der Waals surface area contributed by atoms with Gasteiger partial charge < -0.3 is 9.84 Å². The number of rotatable bonds is 6. The number of allylic oxidation sites excluding steroid dienone is 1. The molecule has 19 heavy (non-hydrogen) atoms. The number of aliphatic carboxylic acids is 1. The maximum atomic E-state index is 11.5. The fourth-order valence-corrected chi connectivity index (χ4v) is 2.41. The third-order valence-electron chi connectivity index (χ3n) is 2.61. The number of carbonyl (C=O) groups is 1. The molecule has 104 valence electrons. The molecule has 1 aromatic carbocycles. The van der Waals surface area contributed by atoms with Gasteiger partial charge in [0.15, 0.2) is 0 Å². The van der Waals surface area contributed by atoms with Crippen molar-refractivity contribution in [1.29, 1.82) is 0 Å². The van der Waals surface area contributed by atoms with Crippen molar-refractivity contribution in [1.82, 2.24) is 0 Å². The smallest absolute Gasteiger partial charge is 0.323 e. The molecule has 0 spiro atoms. The van der Waals surface area contributed by atoms with Crippen molar-refractivity contribution >= 4 is 17.7 Å². The molecule has 0 aliphatic rings. The molecule has 0 saturated heterocycles. The van der Waals surface area contributed by atoms with Gasteiger partial charge in [0.25, 0.3) is 0 Å². The van der Waals surface area contributed by atoms with Gasteiger partial charge in [-0.2, -0.15) is 0 Å². The molecule has 0 radical (unpaired) electrons. The normalized spacial score (nSPS) is 14.6. The summed E-state index contributed by atoms with van der Waals surface area (Å²) in [4.78, 5) is 12.4. The van der Waals surface area contributed by atoms with Crippen LogP contribution in [0.2, 0.25) is 0 Å². The summed E-state index contributed by atoms with van der Waals surface area (Å²) in [6.45, 7) is 5.76. The average Bonchev–Trinajstić information content (AvgIpc) is 2.37. The SMILES string of the molecule is COc1ccc(SC(C)(C=CC(C)C)C(=O)O)cc1. The van der Waals surface area contributed by atoms with Gasteiger partial charge in [0.05, 0.1) is 7.11 Å². The second-order valence-corrected chi connectivity index (χ2v) is 6.32. The zero-order valence-corrected chi connectivity index (χ0v) is 12.5. The summed E-state index contributed by atoms with van der Waals surface area (Å²) in [5, 5.41) is 9.41. The minimum Gasteiger partial charge on any atom is -0.497 e. The van der Waals surface area contributed by atoms with Crippen LogP contribution in [0.15, 0.2) is 41.3 Å². The van der Waals surface area contributed by atoms with E-state index in [0.717, 1.165) is 10.6 Å². The lowest BCUT2D eigenvalue weighted by Crippen LogP contribution is -2.28. The third-order valence-corrected chi connectivity index (χ3v) is 3.86. The number of thioether (sulfide) groups is 1. The molecular formula is C15H20O3S. The molecule has 1 rings (SSSR count). The Morgan fingerprint density at radius 1 is 1.37 bits per heavy atom. The molecule has 0 fully saturated rings. The number of benzene rings is 1. The van der Waals surface area contributed by atoms with Crippen LogP contribution in [0.3, 0.4) is 0 Å². The molecule has 0 aromatic heterocycles. The van der Waals surface area contributed by atoms with Gasteiger partial charge in [-0.25, -0.2) is 0 Å². The Balaban J connectivity index is 2.91. The Hall–Kier alpha value is -1.42. The van der Waals surface area contributed by atoms with Crippen LogP contribution in [0.25, 0.3) is 0 Å². The van der Waals surface area contributed by atoms with Gasteiger partial charge in [0.2, 0.25) is 0 Å². The molecule has 0 aliphatic carbocycles. The summed E-state index contributed by atoms with van der Waals surface area (Å²) in [7, 11) is 1.61. The first-order valence-corrected chi connectivity index (χ1v) is 6.95. The molecule has 4 heteroatoms. The van der Waals surface area contributed by atoms with Gasteiger partial charge in [-0.05, 0) is 37.1 Å². The highest BCUT2D eigenvalue weighted by Gasteiger charge is 2.31. The molecule has 0 heterocycles. The molecule has 1 unspecified atom stereocenters. The summed E-state index contributed by atoms with van der Waals surface area (Å²) in [5.41, 5.74) is 0. The minimum absolute atomic E-state index is 0.329. The van der Waals surface area contributed by atoms with E-state index in [4.69, 9.17) is 4.74 Å². The van der Waals surface area contributed by atoms with Gasteiger partial charge in [-0.1, -0.05) is 26.0 Å². The van der Waals surface area contributed by atoms with Crippen molar-refractivity contribution in [3.8, 4) is 5.75 Å². The van der Waals surface area contributed by atoms with Crippen LogP contribution < -0.4 is 4.74 Å². The summed E-state index contributed by atoms with van der Waals surface area (Å²) in [6, 6.07) is 7.40. The number of carboxylic acids is 1. The maximum Gasteiger partial charge on any atom is 0.323 e. The fraction of sp³-hybridized carbons (Fsp3) is 0.400. The minimum atomic E-state index is -0.959. The standard InChI is InChI=1S/C15H20O3S/c1-11(2)9-10-15(3,14(16)17)19-13-7-5-12(18-4)6-8-13/h5-11H,1-4H3,(H,16,17). The number of carboxylic acid groups (broad SMARTS) is 1. The topological polar surface area (TPSA) is 46.5 Å². The van der Waals surface area contributed by atoms with E-state index >= 15 is 0 Å². The van der Waals surface area contributed by atoms with Crippen molar-refractivity contribution in [3.63, 3.8) is 0 Å². The maximum absolute atomic E-state index is 11.5. The van der Waals surface area contributed by atoms with E-state index in [1.54, 1.807) is 20.1 Å². The molecule has 0 aliphatic heterocycles. The summed E-state index contributed by atoms with van der Waals surface area (Å²) >= 11 is 1.32. The van der Waals surface area contributed by atoms with Crippen LogP contribution in [0.4, 0.5) is 0 Å². The quantitative estimate of drug-likeness (QED) is 0.635. The van der Waals surface area contributed by atoms with Crippen molar-refractivity contribution in [2.45, 2.75) is 30.4 Å². The van der Waals surface area contributed by atoms with Gasteiger partial charge in [0.1, 0.15) is 10.5 Å². The van der Waals surface area contributed by atoms with E-state index in [0.29, 0.717) is 5.92 Å². The molecule has 0 saturated carbocycles. The number of ether oxygens (including phenoxy) is 1. The molecule has 0 amide bonds. The van der Waals surface area contributed by atoms with Crippen LogP contribution in [0.5, 0.6) is 5.75 Å². The van der Waals surface area contributed by atoms with E-state index in [1.165, 1.54) is 11.8 Å². The zero-order valence-electron chi connectivity index (χ0n) is 11.7. The monoisotopic (exact) mass is 280 g/mol. The second-order valence-electron chi connectivity index (χ2n) is 4.79. The lowest BCUT2D eigenvalue weighted by atomic mass is 10.1. The summed E-state index contributed by atoms with van der Waals surface area (Å²) in [5.74, 6) is 0.250. The molecule has 1 atom stereocenters. The Labute approximate surface area is 118 Å². The van der Waals surface area contributed by atoms with Crippen LogP contribution >= 0.6 is 11.8 Å². The highest BCUT2D eigenvalue weighted by molar-refractivity contribution is 8.01. The molecule has 1 N–H and O–H groups in total. The largest absolute Gasteiger partial charge is 0.497 e. The predicted molar refractivity (Wildman–Crippen MR) is 78.9 cm³/mol. The van der Waals surface area contributed by atoms with Crippen LogP contribution in [-0.4, -0.2) is 22.9 Å². The molecule has 0 bridgehead atoms.